The predicted octanol–water partition coefficient (Wildman–Crippen LogP) is 2.28. The van der Waals surface area contributed by atoms with Crippen LogP contribution in [0.1, 0.15) is 22.2 Å². The van der Waals surface area contributed by atoms with Crippen LogP contribution in [0.25, 0.3) is 4.96 Å². The first-order valence-corrected chi connectivity index (χ1v) is 7.92. The molecule has 8 heteroatoms. The van der Waals surface area contributed by atoms with Gasteiger partial charge in [-0.1, -0.05) is 6.07 Å². The Hall–Kier alpha value is -3.00. The minimum absolute atomic E-state index is 0.0461. The molecule has 0 saturated carbocycles. The lowest BCUT2D eigenvalue weighted by Crippen LogP contribution is -2.25. The Morgan fingerprint density at radius 3 is 2.62 bits per heavy atom. The van der Waals surface area contributed by atoms with E-state index in [-0.39, 0.29) is 11.5 Å². The summed E-state index contributed by atoms with van der Waals surface area (Å²) in [4.78, 5) is 41.5. The molecule has 3 rings (SSSR count). The number of anilines is 2. The second-order valence-electron chi connectivity index (χ2n) is 5.19. The van der Waals surface area contributed by atoms with Crippen molar-refractivity contribution in [3.8, 4) is 0 Å². The molecule has 0 spiro atoms. The van der Waals surface area contributed by atoms with Gasteiger partial charge in [-0.3, -0.25) is 18.8 Å². The van der Waals surface area contributed by atoms with E-state index < -0.39 is 11.5 Å². The fraction of sp³-hybridized carbons (Fsp3) is 0.125. The molecule has 0 saturated heterocycles. The molecule has 0 aliphatic rings. The van der Waals surface area contributed by atoms with Crippen LogP contribution in [0, 0.1) is 6.92 Å². The summed E-state index contributed by atoms with van der Waals surface area (Å²) in [5.74, 6) is -0.759. The van der Waals surface area contributed by atoms with E-state index in [4.69, 9.17) is 0 Å². The van der Waals surface area contributed by atoms with Crippen LogP contribution < -0.4 is 16.2 Å². The summed E-state index contributed by atoms with van der Waals surface area (Å²) in [6.07, 6.45) is 2.93. The quantitative estimate of drug-likeness (QED) is 0.764. The zero-order valence-electron chi connectivity index (χ0n) is 13.0. The Kier molecular flexibility index (Phi) is 4.13. The maximum Gasteiger partial charge on any atom is 0.271 e. The summed E-state index contributed by atoms with van der Waals surface area (Å²) in [5.41, 5.74) is 0.561. The lowest BCUT2D eigenvalue weighted by molar-refractivity contribution is -0.114. The van der Waals surface area contributed by atoms with Gasteiger partial charge in [0.15, 0.2) is 4.96 Å². The molecule has 1 aromatic carbocycles. The van der Waals surface area contributed by atoms with Crippen LogP contribution in [0.5, 0.6) is 0 Å². The van der Waals surface area contributed by atoms with Gasteiger partial charge in [0.25, 0.3) is 11.5 Å². The maximum absolute atomic E-state index is 12.4. The van der Waals surface area contributed by atoms with Crippen molar-refractivity contribution < 1.29 is 9.59 Å². The molecule has 0 aliphatic carbocycles. The zero-order valence-corrected chi connectivity index (χ0v) is 13.8. The number of benzene rings is 1. The topological polar surface area (TPSA) is 92.6 Å². The molecule has 0 atom stereocenters. The average Bonchev–Trinajstić information content (AvgIpc) is 2.88. The number of nitrogens with one attached hydrogen (secondary N) is 2. The first kappa shape index (κ1) is 15.9. The van der Waals surface area contributed by atoms with E-state index in [1.165, 1.54) is 28.9 Å². The number of nitrogens with zero attached hydrogens (tertiary/aromatic N) is 2. The highest BCUT2D eigenvalue weighted by molar-refractivity contribution is 7.16. The second-order valence-corrected chi connectivity index (χ2v) is 6.40. The molecular formula is C16H14N4O3S. The number of thiazole rings is 1. The van der Waals surface area contributed by atoms with Gasteiger partial charge in [0.2, 0.25) is 5.91 Å². The largest absolute Gasteiger partial charge is 0.326 e. The number of hydrogen-bond donors (Lipinski definition) is 2. The monoisotopic (exact) mass is 342 g/mol. The molecule has 0 unspecified atom stereocenters. The minimum atomic E-state index is -0.550. The predicted molar refractivity (Wildman–Crippen MR) is 92.8 cm³/mol. The average molecular weight is 342 g/mol. The van der Waals surface area contributed by atoms with Gasteiger partial charge in [0.05, 0.1) is 0 Å². The maximum atomic E-state index is 12.4. The summed E-state index contributed by atoms with van der Waals surface area (Å²) in [6.45, 7) is 3.27. The highest BCUT2D eigenvalue weighted by atomic mass is 32.1. The highest BCUT2D eigenvalue weighted by Gasteiger charge is 2.15. The van der Waals surface area contributed by atoms with Crippen molar-refractivity contribution in [2.75, 3.05) is 10.6 Å². The first-order chi connectivity index (χ1) is 11.4. The van der Waals surface area contributed by atoms with E-state index >= 15 is 0 Å². The fourth-order valence-electron chi connectivity index (χ4n) is 2.23. The number of fused-ring (bicyclic) bond motifs is 1. The Bertz CT molecular complexity index is 1010. The molecule has 0 fully saturated rings. The van der Waals surface area contributed by atoms with Crippen molar-refractivity contribution in [1.82, 2.24) is 9.38 Å². The Labute approximate surface area is 141 Å². The number of hydrogen-bond acceptors (Lipinski definition) is 5. The fourth-order valence-corrected chi connectivity index (χ4v) is 3.01. The number of aromatic nitrogens is 2. The molecule has 3 aromatic rings. The molecule has 0 radical (unpaired) electrons. The van der Waals surface area contributed by atoms with Gasteiger partial charge in [-0.05, 0) is 25.1 Å². The van der Waals surface area contributed by atoms with Crippen LogP contribution in [0.2, 0.25) is 0 Å². The molecule has 24 heavy (non-hydrogen) atoms. The van der Waals surface area contributed by atoms with Crippen LogP contribution in [0.4, 0.5) is 11.4 Å². The van der Waals surface area contributed by atoms with Crippen molar-refractivity contribution in [1.29, 1.82) is 0 Å². The van der Waals surface area contributed by atoms with Gasteiger partial charge in [-0.25, -0.2) is 4.98 Å². The Balaban J connectivity index is 1.89. The number of amides is 2. The second kappa shape index (κ2) is 6.25. The number of carbonyl (C=O) groups is 2. The van der Waals surface area contributed by atoms with E-state index in [1.54, 1.807) is 30.5 Å². The van der Waals surface area contributed by atoms with Gasteiger partial charge < -0.3 is 10.6 Å². The Morgan fingerprint density at radius 1 is 1.21 bits per heavy atom. The molecule has 0 aliphatic heterocycles. The molecule has 7 nitrogen and oxygen atoms in total. The number of carbonyl (C=O) groups excluding carboxylic acids is 2. The van der Waals surface area contributed by atoms with Gasteiger partial charge in [0, 0.05) is 35.6 Å². The molecular weight excluding hydrogens is 328 g/mol. The van der Waals surface area contributed by atoms with Crippen LogP contribution in [-0.4, -0.2) is 21.2 Å². The number of aryl methyl sites for hydroxylation is 1. The van der Waals surface area contributed by atoms with E-state index in [2.05, 4.69) is 15.6 Å². The number of rotatable bonds is 3. The molecule has 122 valence electrons. The summed E-state index contributed by atoms with van der Waals surface area (Å²) >= 11 is 1.38. The zero-order chi connectivity index (χ0) is 17.3. The molecule has 2 amide bonds. The normalized spacial score (nSPS) is 10.6. The highest BCUT2D eigenvalue weighted by Crippen LogP contribution is 2.16. The summed E-state index contributed by atoms with van der Waals surface area (Å²) in [7, 11) is 0. The van der Waals surface area contributed by atoms with Crippen LogP contribution in [0.3, 0.4) is 0 Å². The van der Waals surface area contributed by atoms with Crippen LogP contribution in [-0.2, 0) is 4.79 Å². The van der Waals surface area contributed by atoms with Crippen molar-refractivity contribution in [2.24, 2.45) is 0 Å². The third-order valence-corrected chi connectivity index (χ3v) is 4.12. The first-order valence-electron chi connectivity index (χ1n) is 7.11. The van der Waals surface area contributed by atoms with Crippen molar-refractivity contribution in [3.63, 3.8) is 0 Å². The van der Waals surface area contributed by atoms with Gasteiger partial charge in [-0.15, -0.1) is 11.3 Å². The smallest absolute Gasteiger partial charge is 0.271 e. The molecule has 2 N–H and O–H groups in total. The van der Waals surface area contributed by atoms with E-state index in [1.807, 2.05) is 6.92 Å². The third-order valence-electron chi connectivity index (χ3n) is 3.21. The molecule has 0 bridgehead atoms. The van der Waals surface area contributed by atoms with Gasteiger partial charge in [0.1, 0.15) is 5.56 Å². The van der Waals surface area contributed by atoms with Gasteiger partial charge in [-0.2, -0.15) is 0 Å². The summed E-state index contributed by atoms with van der Waals surface area (Å²) < 4.78 is 1.36. The Morgan fingerprint density at radius 2 is 1.92 bits per heavy atom. The summed E-state index contributed by atoms with van der Waals surface area (Å²) in [6, 6.07) is 6.67. The SMILES string of the molecule is CC(=O)Nc1cccc(NC(=O)c2cnc3sc(C)cn3c2=O)c1. The minimum Gasteiger partial charge on any atom is -0.326 e. The lowest BCUT2D eigenvalue weighted by Gasteiger charge is -2.07. The standard InChI is InChI=1S/C16H14N4O3S/c1-9-8-20-15(23)13(7-17-16(20)24-9)14(22)19-12-5-3-4-11(6-12)18-10(2)21/h3-8H,1-2H3,(H,18,21)(H,19,22). The van der Waals surface area contributed by atoms with E-state index in [0.29, 0.717) is 16.3 Å². The van der Waals surface area contributed by atoms with Crippen LogP contribution >= 0.6 is 11.3 Å². The van der Waals surface area contributed by atoms with E-state index in [0.717, 1.165) is 4.88 Å². The molecule has 2 heterocycles. The van der Waals surface area contributed by atoms with E-state index in [9.17, 15) is 14.4 Å². The third kappa shape index (κ3) is 3.18. The van der Waals surface area contributed by atoms with Crippen LogP contribution in [0.15, 0.2) is 41.5 Å². The van der Waals surface area contributed by atoms with Crippen molar-refractivity contribution >= 4 is 39.5 Å². The lowest BCUT2D eigenvalue weighted by atomic mass is 10.2. The summed E-state index contributed by atoms with van der Waals surface area (Å²) in [5, 5.41) is 5.27. The van der Waals surface area contributed by atoms with Crippen molar-refractivity contribution in [2.45, 2.75) is 13.8 Å². The van der Waals surface area contributed by atoms with Crippen molar-refractivity contribution in [3.05, 3.63) is 57.5 Å². The van der Waals surface area contributed by atoms with Gasteiger partial charge >= 0.3 is 0 Å². The molecule has 2 aromatic heterocycles.